The second kappa shape index (κ2) is 6.94. The molecule has 0 fully saturated rings. The van der Waals surface area contributed by atoms with E-state index < -0.39 is 5.97 Å². The number of carboxylic acid groups (broad SMARTS) is 1. The Balaban J connectivity index is 2.46. The lowest BCUT2D eigenvalue weighted by atomic mass is 10.1. The van der Waals surface area contributed by atoms with Crippen LogP contribution in [0.1, 0.15) is 43.0 Å². The Bertz CT molecular complexity index is 346. The van der Waals surface area contributed by atoms with Crippen molar-refractivity contribution >= 4 is 11.7 Å². The summed E-state index contributed by atoms with van der Waals surface area (Å²) in [4.78, 5) is 12.9. The monoisotopic (exact) mass is 235 g/mol. The van der Waals surface area contributed by atoms with E-state index in [1.165, 1.54) is 25.7 Å². The first-order valence-electron chi connectivity index (χ1n) is 6.19. The van der Waals surface area contributed by atoms with Crippen molar-refractivity contribution in [1.29, 1.82) is 0 Å². The first kappa shape index (κ1) is 13.6. The zero-order valence-corrected chi connectivity index (χ0v) is 10.6. The summed E-state index contributed by atoms with van der Waals surface area (Å²) in [5, 5.41) is 8.80. The third-order valence-electron chi connectivity index (χ3n) is 2.90. The van der Waals surface area contributed by atoms with Crippen LogP contribution in [0, 0.1) is 0 Å². The summed E-state index contributed by atoms with van der Waals surface area (Å²) in [5.74, 6) is -0.873. The molecule has 0 unspecified atom stereocenters. The highest BCUT2D eigenvalue weighted by atomic mass is 16.4. The van der Waals surface area contributed by atoms with E-state index in [0.29, 0.717) is 5.56 Å². The summed E-state index contributed by atoms with van der Waals surface area (Å²) < 4.78 is 0. The number of hydrogen-bond donors (Lipinski definition) is 1. The first-order valence-corrected chi connectivity index (χ1v) is 6.19. The lowest BCUT2D eigenvalue weighted by molar-refractivity contribution is 0.0697. The van der Waals surface area contributed by atoms with E-state index in [1.54, 1.807) is 12.1 Å². The number of benzene rings is 1. The van der Waals surface area contributed by atoms with Gasteiger partial charge >= 0.3 is 5.97 Å². The molecule has 0 bridgehead atoms. The van der Waals surface area contributed by atoms with Gasteiger partial charge in [-0.3, -0.25) is 0 Å². The molecule has 3 nitrogen and oxygen atoms in total. The summed E-state index contributed by atoms with van der Waals surface area (Å²) in [6.07, 6.45) is 4.97. The van der Waals surface area contributed by atoms with Crippen molar-refractivity contribution < 1.29 is 9.90 Å². The topological polar surface area (TPSA) is 40.5 Å². The fourth-order valence-electron chi connectivity index (χ4n) is 1.76. The number of hydrogen-bond acceptors (Lipinski definition) is 2. The molecule has 0 aromatic heterocycles. The van der Waals surface area contributed by atoms with Gasteiger partial charge in [-0.15, -0.1) is 0 Å². The summed E-state index contributed by atoms with van der Waals surface area (Å²) >= 11 is 0. The average Bonchev–Trinajstić information content (AvgIpc) is 2.34. The molecular weight excluding hydrogens is 214 g/mol. The van der Waals surface area contributed by atoms with Crippen LogP contribution in [0.25, 0.3) is 0 Å². The highest BCUT2D eigenvalue weighted by Crippen LogP contribution is 2.14. The van der Waals surface area contributed by atoms with E-state index in [2.05, 4.69) is 11.8 Å². The van der Waals surface area contributed by atoms with E-state index in [1.807, 2.05) is 19.2 Å². The second-order valence-electron chi connectivity index (χ2n) is 4.33. The number of aromatic carboxylic acids is 1. The maximum Gasteiger partial charge on any atom is 0.335 e. The van der Waals surface area contributed by atoms with Crippen LogP contribution in [-0.2, 0) is 0 Å². The van der Waals surface area contributed by atoms with Crippen LogP contribution in [0.2, 0.25) is 0 Å². The minimum Gasteiger partial charge on any atom is -0.478 e. The Morgan fingerprint density at radius 3 is 2.35 bits per heavy atom. The fraction of sp³-hybridized carbons (Fsp3) is 0.500. The number of carboxylic acids is 1. The molecule has 0 saturated heterocycles. The minimum absolute atomic E-state index is 0.341. The molecule has 17 heavy (non-hydrogen) atoms. The highest BCUT2D eigenvalue weighted by Gasteiger charge is 2.04. The second-order valence-corrected chi connectivity index (χ2v) is 4.33. The summed E-state index contributed by atoms with van der Waals surface area (Å²) in [6, 6.07) is 7.03. The molecule has 0 amide bonds. The summed E-state index contributed by atoms with van der Waals surface area (Å²) in [7, 11) is 2.04. The number of carbonyl (C=O) groups is 1. The molecule has 0 aliphatic carbocycles. The summed E-state index contributed by atoms with van der Waals surface area (Å²) in [5.41, 5.74) is 1.42. The van der Waals surface area contributed by atoms with Gasteiger partial charge in [0.05, 0.1) is 5.56 Å². The lowest BCUT2D eigenvalue weighted by Gasteiger charge is -2.19. The average molecular weight is 235 g/mol. The third kappa shape index (κ3) is 4.47. The number of rotatable bonds is 7. The molecule has 0 radical (unpaired) electrons. The van der Waals surface area contributed by atoms with Crippen molar-refractivity contribution in [3.8, 4) is 0 Å². The van der Waals surface area contributed by atoms with Crippen molar-refractivity contribution in [3.63, 3.8) is 0 Å². The van der Waals surface area contributed by atoms with Gasteiger partial charge in [0.1, 0.15) is 0 Å². The SMILES string of the molecule is CCCCCCN(C)c1ccc(C(=O)O)cc1. The van der Waals surface area contributed by atoms with Gasteiger partial charge in [-0.2, -0.15) is 0 Å². The fourth-order valence-corrected chi connectivity index (χ4v) is 1.76. The normalized spacial score (nSPS) is 10.2. The van der Waals surface area contributed by atoms with Crippen molar-refractivity contribution in [1.82, 2.24) is 0 Å². The van der Waals surface area contributed by atoms with E-state index in [9.17, 15) is 4.79 Å². The molecule has 0 aliphatic heterocycles. The van der Waals surface area contributed by atoms with Crippen LogP contribution < -0.4 is 4.90 Å². The predicted molar refractivity (Wildman–Crippen MR) is 70.8 cm³/mol. The molecule has 0 aliphatic rings. The number of nitrogens with zero attached hydrogens (tertiary/aromatic N) is 1. The van der Waals surface area contributed by atoms with Gasteiger partial charge < -0.3 is 10.0 Å². The molecule has 0 heterocycles. The smallest absolute Gasteiger partial charge is 0.335 e. The Morgan fingerprint density at radius 2 is 1.82 bits per heavy atom. The largest absolute Gasteiger partial charge is 0.478 e. The van der Waals surface area contributed by atoms with Crippen molar-refractivity contribution in [2.45, 2.75) is 32.6 Å². The van der Waals surface area contributed by atoms with Crippen LogP contribution in [0.3, 0.4) is 0 Å². The van der Waals surface area contributed by atoms with Crippen LogP contribution >= 0.6 is 0 Å². The van der Waals surface area contributed by atoms with E-state index in [0.717, 1.165) is 12.2 Å². The van der Waals surface area contributed by atoms with Crippen LogP contribution in [-0.4, -0.2) is 24.7 Å². The molecule has 0 atom stereocenters. The lowest BCUT2D eigenvalue weighted by Crippen LogP contribution is -2.18. The third-order valence-corrected chi connectivity index (χ3v) is 2.90. The molecular formula is C14H21NO2. The van der Waals surface area contributed by atoms with E-state index in [4.69, 9.17) is 5.11 Å². The van der Waals surface area contributed by atoms with Gasteiger partial charge in [-0.1, -0.05) is 26.2 Å². The Kier molecular flexibility index (Phi) is 5.53. The van der Waals surface area contributed by atoms with Crippen molar-refractivity contribution in [2.75, 3.05) is 18.5 Å². The molecule has 0 saturated carbocycles. The van der Waals surface area contributed by atoms with Gasteiger partial charge in [0.15, 0.2) is 0 Å². The van der Waals surface area contributed by atoms with Gasteiger partial charge in [-0.25, -0.2) is 4.79 Å². The standard InChI is InChI=1S/C14H21NO2/c1-3-4-5-6-11-15(2)13-9-7-12(8-10-13)14(16)17/h7-10H,3-6,11H2,1-2H3,(H,16,17). The highest BCUT2D eigenvalue weighted by molar-refractivity contribution is 5.88. The van der Waals surface area contributed by atoms with Gasteiger partial charge in [0, 0.05) is 19.3 Å². The molecule has 1 aromatic carbocycles. The van der Waals surface area contributed by atoms with Gasteiger partial charge in [-0.05, 0) is 30.7 Å². The predicted octanol–water partition coefficient (Wildman–Crippen LogP) is 3.40. The van der Waals surface area contributed by atoms with Crippen molar-refractivity contribution in [3.05, 3.63) is 29.8 Å². The molecule has 0 spiro atoms. The molecule has 94 valence electrons. The van der Waals surface area contributed by atoms with Crippen LogP contribution in [0.5, 0.6) is 0 Å². The Hall–Kier alpha value is -1.51. The van der Waals surface area contributed by atoms with E-state index >= 15 is 0 Å². The maximum absolute atomic E-state index is 10.7. The Morgan fingerprint density at radius 1 is 1.18 bits per heavy atom. The zero-order chi connectivity index (χ0) is 12.7. The van der Waals surface area contributed by atoms with Gasteiger partial charge in [0.25, 0.3) is 0 Å². The first-order chi connectivity index (χ1) is 8.15. The molecule has 1 N–H and O–H groups in total. The quantitative estimate of drug-likeness (QED) is 0.736. The minimum atomic E-state index is -0.873. The van der Waals surface area contributed by atoms with E-state index in [-0.39, 0.29) is 0 Å². The van der Waals surface area contributed by atoms with Crippen molar-refractivity contribution in [2.24, 2.45) is 0 Å². The number of anilines is 1. The molecule has 3 heteroatoms. The van der Waals surface area contributed by atoms with Gasteiger partial charge in [0.2, 0.25) is 0 Å². The maximum atomic E-state index is 10.7. The van der Waals surface area contributed by atoms with Crippen LogP contribution in [0.4, 0.5) is 5.69 Å². The number of unbranched alkanes of at least 4 members (excludes halogenated alkanes) is 3. The summed E-state index contributed by atoms with van der Waals surface area (Å²) in [6.45, 7) is 3.22. The van der Waals surface area contributed by atoms with Crippen LogP contribution in [0.15, 0.2) is 24.3 Å². The molecule has 1 rings (SSSR count). The zero-order valence-electron chi connectivity index (χ0n) is 10.6. The Labute approximate surface area is 103 Å². The molecule has 1 aromatic rings.